The summed E-state index contributed by atoms with van der Waals surface area (Å²) in [5.41, 5.74) is 12.3. The third kappa shape index (κ3) is 9.96. The van der Waals surface area contributed by atoms with Gasteiger partial charge in [-0.1, -0.05) is 133 Å². The van der Waals surface area contributed by atoms with Crippen LogP contribution in [0.15, 0.2) is 120 Å². The molecule has 0 unspecified atom stereocenters. The number of aryl methyl sites for hydroxylation is 5. The van der Waals surface area contributed by atoms with E-state index in [-0.39, 0.29) is 5.41 Å². The number of fused-ring (bicyclic) bond motifs is 3. The summed E-state index contributed by atoms with van der Waals surface area (Å²) < 4.78 is 8.68. The molecule has 57 heavy (non-hydrogen) atoms. The van der Waals surface area contributed by atoms with Crippen LogP contribution in [0, 0.1) is 5.41 Å². The fourth-order valence-electron chi connectivity index (χ4n) is 9.13. The van der Waals surface area contributed by atoms with Gasteiger partial charge in [0.05, 0.1) is 0 Å². The minimum absolute atomic E-state index is 0.156. The molecule has 0 aliphatic heterocycles. The molecule has 0 amide bonds. The van der Waals surface area contributed by atoms with Crippen LogP contribution < -0.4 is 0 Å². The topological polar surface area (TPSA) is 43.9 Å². The van der Waals surface area contributed by atoms with Crippen LogP contribution in [0.1, 0.15) is 121 Å². The Bertz CT molecular complexity index is 2300. The van der Waals surface area contributed by atoms with Gasteiger partial charge >= 0.3 is 0 Å². The van der Waals surface area contributed by atoms with E-state index in [0.29, 0.717) is 17.2 Å². The van der Waals surface area contributed by atoms with Gasteiger partial charge in [0.2, 0.25) is 11.8 Å². The molecule has 0 radical (unpaired) electrons. The SMILES string of the molecule is CCCC(C)(C)CCCc1cc(CCCc2ccc(-c3nnc(-c4ccc(C(C)(C)CCC)cc4)o3)cc2)cc(CCCn2c3ccccc3c3ccccc32)c1. The summed E-state index contributed by atoms with van der Waals surface area (Å²) in [6, 6.07) is 42.5. The van der Waals surface area contributed by atoms with Crippen molar-refractivity contribution in [2.45, 2.75) is 131 Å². The van der Waals surface area contributed by atoms with Gasteiger partial charge in [-0.15, -0.1) is 10.2 Å². The van der Waals surface area contributed by atoms with Gasteiger partial charge in [-0.3, -0.25) is 0 Å². The highest BCUT2D eigenvalue weighted by Crippen LogP contribution is 2.33. The fourth-order valence-corrected chi connectivity index (χ4v) is 9.13. The highest BCUT2D eigenvalue weighted by atomic mass is 16.4. The molecule has 0 fully saturated rings. The second-order valence-corrected chi connectivity index (χ2v) is 17.9. The molecular weight excluding hydrogens is 695 g/mol. The Morgan fingerprint density at radius 2 is 1.00 bits per heavy atom. The van der Waals surface area contributed by atoms with E-state index in [1.165, 1.54) is 81.7 Å². The number of hydrogen-bond donors (Lipinski definition) is 0. The summed E-state index contributed by atoms with van der Waals surface area (Å²) in [5, 5.41) is 11.5. The first-order valence-electron chi connectivity index (χ1n) is 21.7. The quantitative estimate of drug-likeness (QED) is 0.0825. The van der Waals surface area contributed by atoms with Crippen molar-refractivity contribution in [3.05, 3.63) is 143 Å². The van der Waals surface area contributed by atoms with Crippen LogP contribution in [-0.4, -0.2) is 14.8 Å². The van der Waals surface area contributed by atoms with Crippen LogP contribution in [0.25, 0.3) is 44.7 Å². The Balaban J connectivity index is 0.989. The van der Waals surface area contributed by atoms with E-state index in [2.05, 4.69) is 172 Å². The molecule has 296 valence electrons. The second kappa shape index (κ2) is 18.1. The molecular formula is C53H63N3O. The molecule has 0 saturated heterocycles. The van der Waals surface area contributed by atoms with E-state index in [1.54, 1.807) is 0 Å². The van der Waals surface area contributed by atoms with Crippen LogP contribution in [0.5, 0.6) is 0 Å². The van der Waals surface area contributed by atoms with Crippen molar-refractivity contribution in [1.82, 2.24) is 14.8 Å². The van der Waals surface area contributed by atoms with Gasteiger partial charge in [0.15, 0.2) is 0 Å². The lowest BCUT2D eigenvalue weighted by atomic mass is 9.80. The lowest BCUT2D eigenvalue weighted by Crippen LogP contribution is -2.16. The molecule has 7 aromatic rings. The predicted molar refractivity (Wildman–Crippen MR) is 241 cm³/mol. The maximum atomic E-state index is 6.15. The first kappa shape index (κ1) is 40.2. The first-order valence-corrected chi connectivity index (χ1v) is 21.7. The highest BCUT2D eigenvalue weighted by molar-refractivity contribution is 6.07. The van der Waals surface area contributed by atoms with Gasteiger partial charge in [0.25, 0.3) is 0 Å². The molecule has 2 aromatic heterocycles. The Labute approximate surface area is 341 Å². The fraction of sp³-hybridized carbons (Fsp3) is 0.396. The third-order valence-electron chi connectivity index (χ3n) is 12.2. The molecule has 7 rings (SSSR count). The monoisotopic (exact) mass is 757 g/mol. The van der Waals surface area contributed by atoms with Crippen LogP contribution in [0.2, 0.25) is 0 Å². The van der Waals surface area contributed by atoms with Gasteiger partial charge in [-0.05, 0) is 139 Å². The van der Waals surface area contributed by atoms with Gasteiger partial charge in [0, 0.05) is 39.5 Å². The van der Waals surface area contributed by atoms with Crippen molar-refractivity contribution in [3.8, 4) is 22.9 Å². The molecule has 0 saturated carbocycles. The Morgan fingerprint density at radius 1 is 0.509 bits per heavy atom. The number of para-hydroxylation sites is 2. The summed E-state index contributed by atoms with van der Waals surface area (Å²) in [7, 11) is 0. The van der Waals surface area contributed by atoms with Gasteiger partial charge in [0.1, 0.15) is 0 Å². The molecule has 0 aliphatic carbocycles. The standard InChI is InChI=1S/C53H63N3O/c1-7-32-52(3,4)34-14-18-41-36-40(37-42(38-41)19-15-35-56-48-22-11-9-20-46(48)47-21-10-12-23-49(47)56)17-13-16-39-24-26-43(27-25-39)50-54-55-51(57-50)44-28-30-45(31-29-44)53(5,6)33-8-2/h9-12,20-31,36-38H,7-8,13-19,32-35H2,1-6H3. The molecule has 0 atom stereocenters. The number of aromatic nitrogens is 3. The zero-order valence-electron chi connectivity index (χ0n) is 35.4. The third-order valence-corrected chi connectivity index (χ3v) is 12.2. The van der Waals surface area contributed by atoms with E-state index in [0.717, 1.165) is 62.6 Å². The zero-order valence-corrected chi connectivity index (χ0v) is 35.4. The van der Waals surface area contributed by atoms with Gasteiger partial charge in [-0.2, -0.15) is 0 Å². The van der Waals surface area contributed by atoms with Crippen molar-refractivity contribution in [2.24, 2.45) is 5.41 Å². The average molecular weight is 758 g/mol. The lowest BCUT2D eigenvalue weighted by molar-refractivity contribution is 0.296. The Hall–Kier alpha value is -4.96. The molecule has 2 heterocycles. The van der Waals surface area contributed by atoms with E-state index >= 15 is 0 Å². The molecule has 4 nitrogen and oxygen atoms in total. The molecule has 0 spiro atoms. The van der Waals surface area contributed by atoms with E-state index < -0.39 is 0 Å². The minimum Gasteiger partial charge on any atom is -0.416 e. The normalized spacial score (nSPS) is 12.2. The molecule has 5 aromatic carbocycles. The smallest absolute Gasteiger partial charge is 0.248 e. The number of benzene rings is 5. The number of rotatable bonds is 19. The molecule has 0 N–H and O–H groups in total. The van der Waals surface area contributed by atoms with E-state index in [9.17, 15) is 0 Å². The first-order chi connectivity index (χ1) is 27.6. The van der Waals surface area contributed by atoms with Crippen LogP contribution in [0.3, 0.4) is 0 Å². The van der Waals surface area contributed by atoms with Gasteiger partial charge < -0.3 is 8.98 Å². The van der Waals surface area contributed by atoms with Crippen LogP contribution in [0.4, 0.5) is 0 Å². The largest absolute Gasteiger partial charge is 0.416 e. The van der Waals surface area contributed by atoms with Crippen molar-refractivity contribution in [3.63, 3.8) is 0 Å². The molecule has 0 bridgehead atoms. The van der Waals surface area contributed by atoms with Crippen molar-refractivity contribution < 1.29 is 4.42 Å². The lowest BCUT2D eigenvalue weighted by Gasteiger charge is -2.24. The number of hydrogen-bond acceptors (Lipinski definition) is 3. The Morgan fingerprint density at radius 3 is 1.56 bits per heavy atom. The maximum Gasteiger partial charge on any atom is 0.248 e. The predicted octanol–water partition coefficient (Wildman–Crippen LogP) is 14.5. The summed E-state index contributed by atoms with van der Waals surface area (Å²) in [5.74, 6) is 1.12. The van der Waals surface area contributed by atoms with E-state index in [1.807, 2.05) is 0 Å². The average Bonchev–Trinajstić information content (AvgIpc) is 3.82. The summed E-state index contributed by atoms with van der Waals surface area (Å²) in [4.78, 5) is 0. The molecule has 4 heteroatoms. The zero-order chi connectivity index (χ0) is 39.8. The van der Waals surface area contributed by atoms with Crippen molar-refractivity contribution >= 4 is 21.8 Å². The summed E-state index contributed by atoms with van der Waals surface area (Å²) in [6.07, 6.45) is 14.0. The Kier molecular flexibility index (Phi) is 12.8. The second-order valence-electron chi connectivity index (χ2n) is 17.9. The maximum absolute atomic E-state index is 6.15. The van der Waals surface area contributed by atoms with Crippen LogP contribution in [-0.2, 0) is 37.6 Å². The van der Waals surface area contributed by atoms with E-state index in [4.69, 9.17) is 4.42 Å². The minimum atomic E-state index is 0.156. The van der Waals surface area contributed by atoms with Gasteiger partial charge in [-0.25, -0.2) is 0 Å². The van der Waals surface area contributed by atoms with Crippen LogP contribution >= 0.6 is 0 Å². The number of nitrogens with zero attached hydrogens (tertiary/aromatic N) is 3. The highest BCUT2D eigenvalue weighted by Gasteiger charge is 2.20. The summed E-state index contributed by atoms with van der Waals surface area (Å²) >= 11 is 0. The van der Waals surface area contributed by atoms with Crippen molar-refractivity contribution in [2.75, 3.05) is 0 Å². The summed E-state index contributed by atoms with van der Waals surface area (Å²) in [6.45, 7) is 15.1. The molecule has 0 aliphatic rings. The van der Waals surface area contributed by atoms with Crippen molar-refractivity contribution in [1.29, 1.82) is 0 Å².